The summed E-state index contributed by atoms with van der Waals surface area (Å²) in [7, 11) is 0. The van der Waals surface area contributed by atoms with Gasteiger partial charge in [-0.15, -0.1) is 0 Å². The van der Waals surface area contributed by atoms with Crippen molar-refractivity contribution in [1.29, 1.82) is 0 Å². The van der Waals surface area contributed by atoms with E-state index in [0.29, 0.717) is 18.2 Å². The molecule has 0 aliphatic heterocycles. The quantitative estimate of drug-likeness (QED) is 0.727. The molecule has 18 heavy (non-hydrogen) atoms. The van der Waals surface area contributed by atoms with Crippen molar-refractivity contribution in [3.8, 4) is 11.5 Å². The summed E-state index contributed by atoms with van der Waals surface area (Å²) in [5, 5.41) is 0.640. The molecule has 0 amide bonds. The van der Waals surface area contributed by atoms with E-state index >= 15 is 0 Å². The van der Waals surface area contributed by atoms with Crippen LogP contribution in [0.15, 0.2) is 54.6 Å². The van der Waals surface area contributed by atoms with Crippen LogP contribution in [-0.2, 0) is 0 Å². The molecule has 0 saturated heterocycles. The van der Waals surface area contributed by atoms with E-state index in [2.05, 4.69) is 0 Å². The zero-order valence-corrected chi connectivity index (χ0v) is 10.8. The number of hydrogen-bond donors (Lipinski definition) is 0. The van der Waals surface area contributed by atoms with Gasteiger partial charge < -0.3 is 9.47 Å². The second kappa shape index (κ2) is 6.92. The lowest BCUT2D eigenvalue weighted by atomic mass is 10.3. The molecule has 0 atom stereocenters. The molecule has 2 rings (SSSR count). The highest BCUT2D eigenvalue weighted by Crippen LogP contribution is 2.23. The van der Waals surface area contributed by atoms with Gasteiger partial charge in [0.05, 0.1) is 18.2 Å². The summed E-state index contributed by atoms with van der Waals surface area (Å²) in [6, 6.07) is 17.2. The molecule has 2 aromatic carbocycles. The predicted molar refractivity (Wildman–Crippen MR) is 73.5 cm³/mol. The zero-order valence-electron chi connectivity index (χ0n) is 10.0. The Morgan fingerprint density at radius 2 is 1.44 bits per heavy atom. The first-order valence-corrected chi connectivity index (χ1v) is 6.29. The normalized spacial score (nSPS) is 10.1. The van der Waals surface area contributed by atoms with Crippen molar-refractivity contribution in [1.82, 2.24) is 0 Å². The maximum Gasteiger partial charge on any atom is 0.137 e. The van der Waals surface area contributed by atoms with E-state index < -0.39 is 0 Å². The van der Waals surface area contributed by atoms with E-state index in [9.17, 15) is 0 Å². The summed E-state index contributed by atoms with van der Waals surface area (Å²) in [4.78, 5) is 0. The van der Waals surface area contributed by atoms with Crippen molar-refractivity contribution in [2.24, 2.45) is 0 Å². The maximum atomic E-state index is 5.98. The molecule has 0 radical (unpaired) electrons. The van der Waals surface area contributed by atoms with Crippen LogP contribution in [0.25, 0.3) is 0 Å². The maximum absolute atomic E-state index is 5.98. The number of rotatable bonds is 6. The minimum absolute atomic E-state index is 0.594. The summed E-state index contributed by atoms with van der Waals surface area (Å²) >= 11 is 5.98. The van der Waals surface area contributed by atoms with Crippen LogP contribution in [0, 0.1) is 0 Å². The molecule has 0 aliphatic rings. The van der Waals surface area contributed by atoms with E-state index in [1.54, 1.807) is 0 Å². The molecule has 94 valence electrons. The third-order valence-corrected chi connectivity index (χ3v) is 2.71. The van der Waals surface area contributed by atoms with Gasteiger partial charge in [-0.1, -0.05) is 41.9 Å². The standard InChI is InChI=1S/C15H15ClO2/c16-14-9-4-5-10-15(14)18-12-6-11-17-13-7-2-1-3-8-13/h1-5,7-10H,6,11-12H2. The second-order valence-electron chi connectivity index (χ2n) is 3.79. The van der Waals surface area contributed by atoms with Gasteiger partial charge in [0.25, 0.3) is 0 Å². The monoisotopic (exact) mass is 262 g/mol. The zero-order chi connectivity index (χ0) is 12.6. The first-order chi connectivity index (χ1) is 8.86. The largest absolute Gasteiger partial charge is 0.493 e. The Bertz CT molecular complexity index is 471. The van der Waals surface area contributed by atoms with Crippen molar-refractivity contribution in [3.63, 3.8) is 0 Å². The Labute approximate surface area is 112 Å². The van der Waals surface area contributed by atoms with Gasteiger partial charge in [-0.3, -0.25) is 0 Å². The van der Waals surface area contributed by atoms with Crippen LogP contribution in [0.1, 0.15) is 6.42 Å². The van der Waals surface area contributed by atoms with Gasteiger partial charge in [-0.05, 0) is 24.3 Å². The van der Waals surface area contributed by atoms with Crippen LogP contribution in [0.5, 0.6) is 11.5 Å². The van der Waals surface area contributed by atoms with Gasteiger partial charge in [-0.2, -0.15) is 0 Å². The van der Waals surface area contributed by atoms with Crippen LogP contribution < -0.4 is 9.47 Å². The SMILES string of the molecule is Clc1ccccc1OCCCOc1ccccc1. The Kier molecular flexibility index (Phi) is 4.91. The lowest BCUT2D eigenvalue weighted by Gasteiger charge is -2.08. The molecule has 0 N–H and O–H groups in total. The topological polar surface area (TPSA) is 18.5 Å². The number of hydrogen-bond acceptors (Lipinski definition) is 2. The fraction of sp³-hybridized carbons (Fsp3) is 0.200. The van der Waals surface area contributed by atoms with Gasteiger partial charge in [0, 0.05) is 6.42 Å². The first kappa shape index (κ1) is 12.8. The molecular weight excluding hydrogens is 248 g/mol. The molecule has 2 aromatic rings. The molecule has 0 aliphatic carbocycles. The van der Waals surface area contributed by atoms with Gasteiger partial charge in [-0.25, -0.2) is 0 Å². The molecule has 2 nitrogen and oxygen atoms in total. The third kappa shape index (κ3) is 3.97. The van der Waals surface area contributed by atoms with Crippen molar-refractivity contribution in [2.45, 2.75) is 6.42 Å². The van der Waals surface area contributed by atoms with E-state index in [0.717, 1.165) is 17.9 Å². The number of para-hydroxylation sites is 2. The second-order valence-corrected chi connectivity index (χ2v) is 4.20. The number of ether oxygens (including phenoxy) is 2. The Balaban J connectivity index is 1.66. The molecule has 0 heterocycles. The average molecular weight is 263 g/mol. The summed E-state index contributed by atoms with van der Waals surface area (Å²) in [5.41, 5.74) is 0. The molecule has 0 aromatic heterocycles. The minimum Gasteiger partial charge on any atom is -0.493 e. The fourth-order valence-electron chi connectivity index (χ4n) is 1.51. The molecule has 0 unspecified atom stereocenters. The molecule has 0 spiro atoms. The highest BCUT2D eigenvalue weighted by atomic mass is 35.5. The van der Waals surface area contributed by atoms with E-state index in [1.807, 2.05) is 54.6 Å². The number of halogens is 1. The molecular formula is C15H15ClO2. The summed E-state index contributed by atoms with van der Waals surface area (Å²) in [5.74, 6) is 1.61. The third-order valence-electron chi connectivity index (χ3n) is 2.39. The van der Waals surface area contributed by atoms with Crippen molar-refractivity contribution >= 4 is 11.6 Å². The van der Waals surface area contributed by atoms with E-state index in [4.69, 9.17) is 21.1 Å². The minimum atomic E-state index is 0.594. The van der Waals surface area contributed by atoms with Gasteiger partial charge in [0.1, 0.15) is 11.5 Å². The highest BCUT2D eigenvalue weighted by molar-refractivity contribution is 6.32. The van der Waals surface area contributed by atoms with Crippen LogP contribution in [-0.4, -0.2) is 13.2 Å². The van der Waals surface area contributed by atoms with Crippen molar-refractivity contribution < 1.29 is 9.47 Å². The first-order valence-electron chi connectivity index (χ1n) is 5.91. The molecule has 0 bridgehead atoms. The Morgan fingerprint density at radius 3 is 2.22 bits per heavy atom. The summed E-state index contributed by atoms with van der Waals surface area (Å²) in [6.07, 6.45) is 0.820. The van der Waals surface area contributed by atoms with Crippen LogP contribution in [0.3, 0.4) is 0 Å². The molecule has 0 fully saturated rings. The number of benzene rings is 2. The Hall–Kier alpha value is -1.67. The fourth-order valence-corrected chi connectivity index (χ4v) is 1.70. The lowest BCUT2D eigenvalue weighted by molar-refractivity contribution is 0.247. The van der Waals surface area contributed by atoms with Crippen molar-refractivity contribution in [3.05, 3.63) is 59.6 Å². The van der Waals surface area contributed by atoms with Crippen LogP contribution in [0.4, 0.5) is 0 Å². The van der Waals surface area contributed by atoms with Gasteiger partial charge in [0.15, 0.2) is 0 Å². The Morgan fingerprint density at radius 1 is 0.778 bits per heavy atom. The lowest BCUT2D eigenvalue weighted by Crippen LogP contribution is -2.05. The summed E-state index contributed by atoms with van der Waals surface area (Å²) < 4.78 is 11.1. The molecule has 0 saturated carbocycles. The van der Waals surface area contributed by atoms with Crippen LogP contribution in [0.2, 0.25) is 5.02 Å². The molecule has 3 heteroatoms. The smallest absolute Gasteiger partial charge is 0.137 e. The van der Waals surface area contributed by atoms with Gasteiger partial charge in [0.2, 0.25) is 0 Å². The van der Waals surface area contributed by atoms with Crippen molar-refractivity contribution in [2.75, 3.05) is 13.2 Å². The van der Waals surface area contributed by atoms with E-state index in [-0.39, 0.29) is 0 Å². The van der Waals surface area contributed by atoms with E-state index in [1.165, 1.54) is 0 Å². The summed E-state index contributed by atoms with van der Waals surface area (Å²) in [6.45, 7) is 1.23. The van der Waals surface area contributed by atoms with Gasteiger partial charge >= 0.3 is 0 Å². The van der Waals surface area contributed by atoms with Crippen LogP contribution >= 0.6 is 11.6 Å². The highest BCUT2D eigenvalue weighted by Gasteiger charge is 1.99. The average Bonchev–Trinajstić information content (AvgIpc) is 2.42. The predicted octanol–water partition coefficient (Wildman–Crippen LogP) is 4.19.